The van der Waals surface area contributed by atoms with Gasteiger partial charge in [0.15, 0.2) is 0 Å². The van der Waals surface area contributed by atoms with Gasteiger partial charge in [-0.15, -0.1) is 0 Å². The Morgan fingerprint density at radius 1 is 0.767 bits per heavy atom. The molecule has 4 atom stereocenters. The smallest absolute Gasteiger partial charge is 0.321 e. The summed E-state index contributed by atoms with van der Waals surface area (Å²) in [5.74, 6) is -3.07. The maximum Gasteiger partial charge on any atom is 0.321 e. The Morgan fingerprint density at radius 2 is 1.07 bits per heavy atom. The van der Waals surface area contributed by atoms with E-state index in [9.17, 15) is 19.2 Å². The lowest BCUT2D eigenvalue weighted by molar-refractivity contribution is -0.140. The highest BCUT2D eigenvalue weighted by Crippen LogP contribution is 2.04. The van der Waals surface area contributed by atoms with Crippen LogP contribution in [-0.2, 0) is 19.2 Å². The van der Waals surface area contributed by atoms with Crippen LogP contribution >= 0.6 is 25.3 Å². The van der Waals surface area contributed by atoms with Crippen molar-refractivity contribution in [3.8, 4) is 0 Å². The number of nitrogens with two attached hydrogens (primary N) is 2. The molecule has 0 saturated carbocycles. The van der Waals surface area contributed by atoms with Crippen LogP contribution in [0.25, 0.3) is 0 Å². The van der Waals surface area contributed by atoms with Gasteiger partial charge < -0.3 is 42.5 Å². The zero-order valence-electron chi connectivity index (χ0n) is 16.4. The van der Waals surface area contributed by atoms with Crippen molar-refractivity contribution in [2.45, 2.75) is 49.9 Å². The number of rotatable bonds is 6. The number of thiol groups is 2. The van der Waals surface area contributed by atoms with Crippen molar-refractivity contribution < 1.29 is 39.6 Å². The van der Waals surface area contributed by atoms with Crippen LogP contribution in [0.1, 0.15) is 25.7 Å². The van der Waals surface area contributed by atoms with Crippen LogP contribution in [0.5, 0.6) is 0 Å². The van der Waals surface area contributed by atoms with E-state index in [1.165, 1.54) is 0 Å². The third-order valence-electron chi connectivity index (χ3n) is 3.74. The van der Waals surface area contributed by atoms with Gasteiger partial charge >= 0.3 is 23.9 Å². The van der Waals surface area contributed by atoms with Gasteiger partial charge in [-0.25, -0.2) is 0 Å². The first kappa shape index (κ1) is 30.6. The summed E-state index contributed by atoms with van der Waals surface area (Å²) in [4.78, 5) is 39.8. The molecule has 2 saturated heterocycles. The number of hydrogen-bond acceptors (Lipinski definition) is 10. The largest absolute Gasteiger partial charge is 0.480 e. The molecular weight excluding hydrogens is 440 g/mol. The minimum atomic E-state index is -1.00. The van der Waals surface area contributed by atoms with Gasteiger partial charge in [-0.05, 0) is 38.8 Å². The van der Waals surface area contributed by atoms with Crippen molar-refractivity contribution in [1.29, 1.82) is 0 Å². The van der Waals surface area contributed by atoms with E-state index in [0.29, 0.717) is 0 Å². The van der Waals surface area contributed by atoms with Gasteiger partial charge in [-0.3, -0.25) is 19.2 Å². The topological polar surface area (TPSA) is 225 Å². The molecule has 176 valence electrons. The fraction of sp³-hybridized carbons (Fsp3) is 0.750. The summed E-state index contributed by atoms with van der Waals surface area (Å²) >= 11 is 7.30. The molecule has 2 rings (SSSR count). The molecule has 0 bridgehead atoms. The first-order chi connectivity index (χ1) is 14.0. The molecule has 14 heteroatoms. The van der Waals surface area contributed by atoms with Crippen molar-refractivity contribution in [2.24, 2.45) is 11.5 Å². The van der Waals surface area contributed by atoms with Gasteiger partial charge in [0.05, 0.1) is 0 Å². The zero-order valence-corrected chi connectivity index (χ0v) is 18.2. The lowest BCUT2D eigenvalue weighted by Gasteiger charge is -1.99. The summed E-state index contributed by atoms with van der Waals surface area (Å²) in [6.45, 7) is 1.72. The van der Waals surface area contributed by atoms with Crippen LogP contribution in [0.2, 0.25) is 0 Å². The number of carboxylic acid groups (broad SMARTS) is 4. The highest BCUT2D eigenvalue weighted by atomic mass is 32.1. The van der Waals surface area contributed by atoms with Crippen molar-refractivity contribution in [3.63, 3.8) is 0 Å². The molecule has 0 radical (unpaired) electrons. The monoisotopic (exact) mass is 472 g/mol. The van der Waals surface area contributed by atoms with Crippen LogP contribution in [-0.4, -0.2) is 93.1 Å². The lowest BCUT2D eigenvalue weighted by Crippen LogP contribution is -2.31. The molecule has 2 fully saturated rings. The van der Waals surface area contributed by atoms with E-state index >= 15 is 0 Å². The minimum absolute atomic E-state index is 0.190. The Hall–Kier alpha value is -1.58. The second kappa shape index (κ2) is 18.2. The Labute approximate surface area is 185 Å². The fourth-order valence-corrected chi connectivity index (χ4v) is 2.26. The van der Waals surface area contributed by atoms with Gasteiger partial charge in [0.1, 0.15) is 24.2 Å². The standard InChI is InChI=1S/2C5H9NO2.2C3H7NO2S/c2*7-5(8)4-2-1-3-6-4;2*4-2(1-7)3(5)6/h2*4,6H,1-3H2,(H,7,8);2*2,7H,1,4H2,(H,5,6)/t2*4-;;/m00../s1. The first-order valence-electron chi connectivity index (χ1n) is 9.08. The number of carboxylic acids is 4. The minimum Gasteiger partial charge on any atom is -0.480 e. The van der Waals surface area contributed by atoms with Gasteiger partial charge in [0.2, 0.25) is 0 Å². The van der Waals surface area contributed by atoms with Crippen molar-refractivity contribution in [1.82, 2.24) is 10.6 Å². The molecule has 0 amide bonds. The summed E-state index contributed by atoms with van der Waals surface area (Å²) in [5, 5.41) is 38.4. The Morgan fingerprint density at radius 3 is 1.13 bits per heavy atom. The van der Waals surface area contributed by atoms with Crippen LogP contribution in [0, 0.1) is 0 Å². The Bertz CT molecular complexity index is 483. The predicted molar refractivity (Wildman–Crippen MR) is 116 cm³/mol. The highest BCUT2D eigenvalue weighted by Gasteiger charge is 2.20. The van der Waals surface area contributed by atoms with Crippen LogP contribution in [0.3, 0.4) is 0 Å². The molecule has 0 aromatic heterocycles. The highest BCUT2D eigenvalue weighted by molar-refractivity contribution is 7.80. The number of carbonyl (C=O) groups is 4. The maximum atomic E-state index is 10.1. The molecule has 2 aliphatic heterocycles. The van der Waals surface area contributed by atoms with Crippen molar-refractivity contribution in [3.05, 3.63) is 0 Å². The molecule has 30 heavy (non-hydrogen) atoms. The second-order valence-corrected chi connectivity index (χ2v) is 6.96. The molecule has 0 aromatic carbocycles. The Kier molecular flexibility index (Phi) is 18.6. The van der Waals surface area contributed by atoms with E-state index in [2.05, 4.69) is 35.9 Å². The molecule has 0 aliphatic carbocycles. The zero-order chi connectivity index (χ0) is 23.7. The van der Waals surface area contributed by atoms with Crippen LogP contribution in [0.15, 0.2) is 0 Å². The van der Waals surface area contributed by atoms with Gasteiger partial charge in [-0.2, -0.15) is 25.3 Å². The summed E-state index contributed by atoms with van der Waals surface area (Å²) in [6, 6.07) is -2.17. The van der Waals surface area contributed by atoms with Crippen molar-refractivity contribution in [2.75, 3.05) is 24.6 Å². The molecule has 2 aliphatic rings. The van der Waals surface area contributed by atoms with Gasteiger partial charge in [0.25, 0.3) is 0 Å². The average molecular weight is 473 g/mol. The molecule has 12 nitrogen and oxygen atoms in total. The summed E-state index contributed by atoms with van der Waals surface area (Å²) in [5.41, 5.74) is 9.88. The second-order valence-electron chi connectivity index (χ2n) is 6.23. The van der Waals surface area contributed by atoms with Crippen molar-refractivity contribution >= 4 is 49.1 Å². The third kappa shape index (κ3) is 16.2. The number of nitrogens with one attached hydrogen (secondary N) is 2. The van der Waals surface area contributed by atoms with Crippen LogP contribution in [0.4, 0.5) is 0 Å². The van der Waals surface area contributed by atoms with E-state index in [1.807, 2.05) is 0 Å². The summed E-state index contributed by atoms with van der Waals surface area (Å²) in [7, 11) is 0. The Balaban J connectivity index is 0. The quantitative estimate of drug-likeness (QED) is 0.195. The van der Waals surface area contributed by atoms with E-state index < -0.39 is 36.0 Å². The molecule has 0 aromatic rings. The summed E-state index contributed by atoms with van der Waals surface area (Å²) < 4.78 is 0. The van der Waals surface area contributed by atoms with Crippen LogP contribution < -0.4 is 22.1 Å². The van der Waals surface area contributed by atoms with E-state index in [1.54, 1.807) is 0 Å². The van der Waals surface area contributed by atoms with Gasteiger partial charge in [-0.1, -0.05) is 0 Å². The average Bonchev–Trinajstić information content (AvgIpc) is 3.41. The first-order valence-corrected chi connectivity index (χ1v) is 10.3. The number of aliphatic carboxylic acids is 4. The molecule has 2 unspecified atom stereocenters. The number of hydrogen-bond donors (Lipinski definition) is 10. The fourth-order valence-electron chi connectivity index (χ4n) is 1.95. The maximum absolute atomic E-state index is 10.1. The van der Waals surface area contributed by atoms with E-state index in [-0.39, 0.29) is 23.6 Å². The molecular formula is C16H32N4O8S2. The van der Waals surface area contributed by atoms with E-state index in [0.717, 1.165) is 38.8 Å². The lowest BCUT2D eigenvalue weighted by atomic mass is 10.2. The predicted octanol–water partition coefficient (Wildman–Crippen LogP) is -1.70. The normalized spacial score (nSPS) is 21.3. The SMILES string of the molecule is NC(CS)C(=O)O.NC(CS)C(=O)O.O=C(O)[C@@H]1CCCN1.O=C(O)[C@@H]1CCCN1. The molecule has 2 heterocycles. The third-order valence-corrected chi connectivity index (χ3v) is 4.53. The molecule has 10 N–H and O–H groups in total. The molecule has 0 spiro atoms. The van der Waals surface area contributed by atoms with E-state index in [4.69, 9.17) is 31.9 Å². The van der Waals surface area contributed by atoms with Gasteiger partial charge in [0, 0.05) is 11.5 Å². The summed E-state index contributed by atoms with van der Waals surface area (Å²) in [6.07, 6.45) is 3.57.